The third kappa shape index (κ3) is 3.53. The fourth-order valence-electron chi connectivity index (χ4n) is 3.64. The number of thiocarbonyl (C=S) groups is 1. The molecule has 5 nitrogen and oxygen atoms in total. The van der Waals surface area contributed by atoms with Gasteiger partial charge in [0.2, 0.25) is 0 Å². The van der Waals surface area contributed by atoms with Crippen LogP contribution in [0.5, 0.6) is 0 Å². The van der Waals surface area contributed by atoms with Crippen molar-refractivity contribution in [2.75, 3.05) is 18.4 Å². The molecule has 2 aromatic rings. The van der Waals surface area contributed by atoms with Crippen molar-refractivity contribution in [3.63, 3.8) is 0 Å². The summed E-state index contributed by atoms with van der Waals surface area (Å²) in [6, 6.07) is 14.3. The highest BCUT2D eigenvalue weighted by molar-refractivity contribution is 7.80. The van der Waals surface area contributed by atoms with E-state index in [1.54, 1.807) is 18.2 Å². The van der Waals surface area contributed by atoms with Crippen LogP contribution in [-0.2, 0) is 0 Å². The fourth-order valence-corrected chi connectivity index (χ4v) is 3.96. The third-order valence-corrected chi connectivity index (χ3v) is 5.60. The Morgan fingerprint density at radius 1 is 1.21 bits per heavy atom. The number of fused-ring (bicyclic) bond motifs is 1. The van der Waals surface area contributed by atoms with Gasteiger partial charge in [0.25, 0.3) is 0 Å². The molecule has 0 aliphatic carbocycles. The molecule has 2 aliphatic heterocycles. The van der Waals surface area contributed by atoms with Crippen LogP contribution in [-0.4, -0.2) is 34.5 Å². The second kappa shape index (κ2) is 7.74. The molecule has 2 aliphatic rings. The number of halogens is 2. The summed E-state index contributed by atoms with van der Waals surface area (Å²) in [5.74, 6) is -0.125. The highest BCUT2D eigenvalue weighted by atomic mass is 35.5. The first-order chi connectivity index (χ1) is 13.0. The van der Waals surface area contributed by atoms with Gasteiger partial charge in [-0.1, -0.05) is 30.4 Å². The molecule has 0 saturated carbocycles. The number of nitrogens with one attached hydrogen (secondary N) is 1. The quantitative estimate of drug-likeness (QED) is 0.698. The molecule has 3 N–H and O–H groups in total. The smallest absolute Gasteiger partial charge is 0.136 e. The van der Waals surface area contributed by atoms with Crippen molar-refractivity contribution in [2.45, 2.75) is 18.5 Å². The molecule has 0 radical (unpaired) electrons. The van der Waals surface area contributed by atoms with Gasteiger partial charge in [-0.05, 0) is 24.3 Å². The summed E-state index contributed by atoms with van der Waals surface area (Å²) in [5, 5.41) is 12.3. The Kier molecular flexibility index (Phi) is 5.54. The molecule has 1 spiro atoms. The first kappa shape index (κ1) is 20.1. The number of likely N-dealkylation sites (tertiary alicyclic amines) is 1. The largest absolute Gasteiger partial charge is 0.383 e. The van der Waals surface area contributed by atoms with Gasteiger partial charge in [-0.25, -0.2) is 9.38 Å². The Hall–Kier alpha value is -2.69. The maximum Gasteiger partial charge on any atom is 0.136 e. The van der Waals surface area contributed by atoms with Crippen LogP contribution in [0.25, 0.3) is 0 Å². The van der Waals surface area contributed by atoms with Gasteiger partial charge in [-0.2, -0.15) is 5.26 Å². The molecule has 28 heavy (non-hydrogen) atoms. The number of nitrogens with two attached hydrogens (primary N) is 1. The summed E-state index contributed by atoms with van der Waals surface area (Å²) >= 11 is 5.63. The Bertz CT molecular complexity index is 975. The predicted molar refractivity (Wildman–Crippen MR) is 114 cm³/mol. The maximum absolute atomic E-state index is 14.0. The van der Waals surface area contributed by atoms with Gasteiger partial charge in [0.05, 0.1) is 17.2 Å². The number of piperidine rings is 1. The van der Waals surface area contributed by atoms with Crippen LogP contribution in [0.1, 0.15) is 29.5 Å². The van der Waals surface area contributed by atoms with Crippen molar-refractivity contribution in [2.24, 2.45) is 10.7 Å². The van der Waals surface area contributed by atoms with Crippen molar-refractivity contribution < 1.29 is 4.39 Å². The first-order valence-corrected chi connectivity index (χ1v) is 9.14. The van der Waals surface area contributed by atoms with E-state index in [2.05, 4.69) is 21.3 Å². The van der Waals surface area contributed by atoms with Gasteiger partial charge in [-0.3, -0.25) is 0 Å². The number of anilines is 1. The van der Waals surface area contributed by atoms with E-state index in [1.165, 1.54) is 6.07 Å². The maximum atomic E-state index is 14.0. The summed E-state index contributed by atoms with van der Waals surface area (Å²) < 4.78 is 14.0. The van der Waals surface area contributed by atoms with E-state index in [1.807, 2.05) is 18.2 Å². The van der Waals surface area contributed by atoms with E-state index >= 15 is 0 Å². The molecular weight excluding hydrogens is 397 g/mol. The van der Waals surface area contributed by atoms with Gasteiger partial charge in [-0.15, -0.1) is 12.4 Å². The minimum Gasteiger partial charge on any atom is -0.383 e. The SMILES string of the molecule is Cl.N#Cc1ccc(C(=S)N2CCC3(CC2)N=C(N)c2c(F)cccc2N3)cc1. The molecule has 1 saturated heterocycles. The molecule has 8 heteroatoms. The van der Waals surface area contributed by atoms with E-state index in [4.69, 9.17) is 23.2 Å². The number of nitriles is 1. The molecule has 2 aromatic carbocycles. The second-order valence-electron chi connectivity index (χ2n) is 6.80. The van der Waals surface area contributed by atoms with Crippen LogP contribution in [0.4, 0.5) is 10.1 Å². The summed E-state index contributed by atoms with van der Waals surface area (Å²) in [6.07, 6.45) is 1.42. The van der Waals surface area contributed by atoms with Gasteiger partial charge in [0, 0.05) is 37.2 Å². The van der Waals surface area contributed by atoms with Crippen molar-refractivity contribution >= 4 is 41.1 Å². The Morgan fingerprint density at radius 2 is 1.89 bits per heavy atom. The van der Waals surface area contributed by atoms with E-state index in [0.717, 1.165) is 10.6 Å². The van der Waals surface area contributed by atoms with Crippen molar-refractivity contribution in [1.82, 2.24) is 4.90 Å². The second-order valence-corrected chi connectivity index (χ2v) is 7.18. The number of amidine groups is 1. The highest BCUT2D eigenvalue weighted by Crippen LogP contribution is 2.35. The van der Waals surface area contributed by atoms with Crippen LogP contribution >= 0.6 is 24.6 Å². The normalized spacial score (nSPS) is 16.9. The van der Waals surface area contributed by atoms with Crippen LogP contribution < -0.4 is 11.1 Å². The Labute approximate surface area is 174 Å². The summed E-state index contributed by atoms with van der Waals surface area (Å²) in [4.78, 5) is 7.50. The van der Waals surface area contributed by atoms with Crippen LogP contribution in [0, 0.1) is 17.1 Å². The number of benzene rings is 2. The number of rotatable bonds is 1. The Balaban J connectivity index is 0.00000225. The lowest BCUT2D eigenvalue weighted by atomic mass is 9.93. The lowest BCUT2D eigenvalue weighted by Crippen LogP contribution is -2.52. The van der Waals surface area contributed by atoms with Crippen LogP contribution in [0.2, 0.25) is 0 Å². The lowest BCUT2D eigenvalue weighted by Gasteiger charge is -2.43. The van der Waals surface area contributed by atoms with Crippen molar-refractivity contribution in [3.8, 4) is 6.07 Å². The number of hydrogen-bond donors (Lipinski definition) is 2. The zero-order valence-corrected chi connectivity index (χ0v) is 16.6. The molecular formula is C20H19ClFN5S. The van der Waals surface area contributed by atoms with E-state index in [9.17, 15) is 4.39 Å². The monoisotopic (exact) mass is 415 g/mol. The summed E-state index contributed by atoms with van der Waals surface area (Å²) in [7, 11) is 0. The molecule has 0 bridgehead atoms. The minimum absolute atomic E-state index is 0. The average molecular weight is 416 g/mol. The first-order valence-electron chi connectivity index (χ1n) is 8.73. The lowest BCUT2D eigenvalue weighted by molar-refractivity contribution is 0.255. The number of nitrogens with zero attached hydrogens (tertiary/aromatic N) is 3. The van der Waals surface area contributed by atoms with E-state index < -0.39 is 5.66 Å². The summed E-state index contributed by atoms with van der Waals surface area (Å²) in [5.41, 5.74) is 8.11. The number of hydrogen-bond acceptors (Lipinski definition) is 5. The summed E-state index contributed by atoms with van der Waals surface area (Å²) in [6.45, 7) is 1.43. The van der Waals surface area contributed by atoms with Gasteiger partial charge in [0.1, 0.15) is 22.3 Å². The minimum atomic E-state index is -0.526. The standard InChI is InChI=1S/C20H18FN5S.ClH/c21-15-2-1-3-16-17(15)18(23)25-20(24-16)8-10-26(11-9-20)19(27)14-6-4-13(12-22)5-7-14;/h1-7,24H,8-11H2,(H2,23,25);1H. The molecule has 0 atom stereocenters. The van der Waals surface area contributed by atoms with Crippen LogP contribution in [0.15, 0.2) is 47.5 Å². The van der Waals surface area contributed by atoms with Crippen molar-refractivity contribution in [3.05, 3.63) is 65.0 Å². The zero-order valence-electron chi connectivity index (χ0n) is 15.0. The fraction of sp³-hybridized carbons (Fsp3) is 0.250. The van der Waals surface area contributed by atoms with Gasteiger partial charge < -0.3 is 16.0 Å². The van der Waals surface area contributed by atoms with Gasteiger partial charge in [0.15, 0.2) is 0 Å². The molecule has 0 amide bonds. The molecule has 0 unspecified atom stereocenters. The van der Waals surface area contributed by atoms with E-state index in [0.29, 0.717) is 42.7 Å². The topological polar surface area (TPSA) is 77.4 Å². The molecule has 4 rings (SSSR count). The third-order valence-electron chi connectivity index (χ3n) is 5.11. The van der Waals surface area contributed by atoms with Gasteiger partial charge >= 0.3 is 0 Å². The number of aliphatic imine (C=N–C) groups is 1. The molecule has 0 aromatic heterocycles. The highest BCUT2D eigenvalue weighted by Gasteiger charge is 2.39. The average Bonchev–Trinajstić information content (AvgIpc) is 2.68. The Morgan fingerprint density at radius 3 is 2.54 bits per heavy atom. The zero-order chi connectivity index (χ0) is 19.0. The molecule has 2 heterocycles. The van der Waals surface area contributed by atoms with Crippen LogP contribution in [0.3, 0.4) is 0 Å². The van der Waals surface area contributed by atoms with E-state index in [-0.39, 0.29) is 24.1 Å². The van der Waals surface area contributed by atoms with Crippen molar-refractivity contribution in [1.29, 1.82) is 5.26 Å². The predicted octanol–water partition coefficient (Wildman–Crippen LogP) is 3.42. The molecule has 144 valence electrons. The molecule has 1 fully saturated rings.